The third-order valence-electron chi connectivity index (χ3n) is 8.53. The minimum Gasteiger partial charge on any atom is -0.298 e. The van der Waals surface area contributed by atoms with Gasteiger partial charge in [-0.3, -0.25) is 14.4 Å². The number of benzene rings is 3. The summed E-state index contributed by atoms with van der Waals surface area (Å²) in [5.41, 5.74) is 7.75. The van der Waals surface area contributed by atoms with Gasteiger partial charge in [-0.1, -0.05) is 72.8 Å². The molecule has 0 aliphatic heterocycles. The van der Waals surface area contributed by atoms with Gasteiger partial charge in [0.1, 0.15) is 18.9 Å². The Morgan fingerprint density at radius 3 is 0.804 bits per heavy atom. The van der Waals surface area contributed by atoms with E-state index >= 15 is 0 Å². The molecule has 0 N–H and O–H groups in total. The predicted molar refractivity (Wildman–Crippen MR) is 190 cm³/mol. The highest BCUT2D eigenvalue weighted by atomic mass is 16.1. The average Bonchev–Trinajstić information content (AvgIpc) is 3.19. The minimum absolute atomic E-state index is 0.552. The van der Waals surface area contributed by atoms with Crippen molar-refractivity contribution in [2.24, 2.45) is 0 Å². The topological polar surface area (TPSA) is 102 Å². The number of aldehydes is 3. The number of nitrogens with zero attached hydrogens (tertiary/aromatic N) is 6. The molecule has 4 aromatic heterocycles. The van der Waals surface area contributed by atoms with Crippen molar-refractivity contribution in [1.29, 1.82) is 0 Å². The summed E-state index contributed by atoms with van der Waals surface area (Å²) in [7, 11) is 0. The van der Waals surface area contributed by atoms with Crippen LogP contribution in [-0.4, -0.2) is 33.8 Å². The largest absolute Gasteiger partial charge is 0.298 e. The maximum absolute atomic E-state index is 11.0. The van der Waals surface area contributed by atoms with Crippen molar-refractivity contribution in [3.8, 4) is 34.2 Å². The molecule has 51 heavy (non-hydrogen) atoms. The summed E-state index contributed by atoms with van der Waals surface area (Å²) in [6.45, 7) is 1.97. The molecule has 0 bridgehead atoms. The Morgan fingerprint density at radius 1 is 0.353 bits per heavy atom. The van der Waals surface area contributed by atoms with Crippen LogP contribution in [0.2, 0.25) is 0 Å². The fourth-order valence-electron chi connectivity index (χ4n) is 5.64. The Hall–Kier alpha value is -6.87. The molecule has 0 spiro atoms. The monoisotopic (exact) mass is 669 g/mol. The van der Waals surface area contributed by atoms with Crippen molar-refractivity contribution in [2.45, 2.75) is 19.6 Å². The summed E-state index contributed by atoms with van der Waals surface area (Å²) in [4.78, 5) is 47.9. The highest BCUT2D eigenvalue weighted by molar-refractivity contribution is 5.75. The zero-order valence-corrected chi connectivity index (χ0v) is 27.6. The molecule has 0 fully saturated rings. The maximum atomic E-state index is 11.0. The van der Waals surface area contributed by atoms with Crippen LogP contribution in [-0.2, 0) is 19.6 Å². The fraction of sp³-hybridized carbons (Fsp3) is 0.0714. The zero-order chi connectivity index (χ0) is 35.0. The summed E-state index contributed by atoms with van der Waals surface area (Å²) in [5.74, 6) is 1.66. The molecule has 0 unspecified atom stereocenters. The summed E-state index contributed by atoms with van der Waals surface area (Å²) < 4.78 is 6.19. The van der Waals surface area contributed by atoms with Crippen molar-refractivity contribution in [3.63, 3.8) is 0 Å². The van der Waals surface area contributed by atoms with Crippen LogP contribution in [0, 0.1) is 0 Å². The molecule has 0 atom stereocenters. The van der Waals surface area contributed by atoms with E-state index in [0.29, 0.717) is 53.8 Å². The van der Waals surface area contributed by atoms with E-state index in [-0.39, 0.29) is 0 Å². The third-order valence-corrected chi connectivity index (χ3v) is 8.53. The quantitative estimate of drug-likeness (QED) is 0.129. The number of aromatic nitrogens is 6. The van der Waals surface area contributed by atoms with E-state index in [1.165, 1.54) is 0 Å². The number of hydrogen-bond acceptors (Lipinski definition) is 6. The normalized spacial score (nSPS) is 10.8. The molecule has 4 heterocycles. The van der Waals surface area contributed by atoms with Gasteiger partial charge in [-0.25, -0.2) is 28.7 Å². The van der Waals surface area contributed by atoms with Gasteiger partial charge in [0.25, 0.3) is 0 Å². The number of carbonyl (C=O) groups excluding carboxylic acids is 3. The average molecular weight is 670 g/mol. The maximum Gasteiger partial charge on any atom is 0.173 e. The lowest BCUT2D eigenvalue weighted by atomic mass is 10.1. The molecular formula is C42H33N6O3+3. The van der Waals surface area contributed by atoms with Gasteiger partial charge >= 0.3 is 0 Å². The van der Waals surface area contributed by atoms with Gasteiger partial charge in [0.05, 0.1) is 0 Å². The second kappa shape index (κ2) is 15.1. The summed E-state index contributed by atoms with van der Waals surface area (Å²) in [6, 6.07) is 34.6. The van der Waals surface area contributed by atoms with Crippen LogP contribution >= 0.6 is 0 Å². The van der Waals surface area contributed by atoms with E-state index in [1.807, 2.05) is 146 Å². The van der Waals surface area contributed by atoms with Crippen LogP contribution < -0.4 is 13.7 Å². The summed E-state index contributed by atoms with van der Waals surface area (Å²) in [6.07, 6.45) is 14.5. The fourth-order valence-corrected chi connectivity index (χ4v) is 5.64. The van der Waals surface area contributed by atoms with Crippen molar-refractivity contribution >= 4 is 18.9 Å². The predicted octanol–water partition coefficient (Wildman–Crippen LogP) is 5.32. The number of hydrogen-bond donors (Lipinski definition) is 0. The van der Waals surface area contributed by atoms with Crippen molar-refractivity contribution in [1.82, 2.24) is 15.0 Å². The van der Waals surface area contributed by atoms with Gasteiger partial charge in [0.15, 0.2) is 74.3 Å². The first-order valence-electron chi connectivity index (χ1n) is 16.4. The van der Waals surface area contributed by atoms with Gasteiger partial charge in [-0.05, 0) is 0 Å². The molecule has 246 valence electrons. The number of rotatable bonds is 12. The molecule has 3 aromatic carbocycles. The van der Waals surface area contributed by atoms with Crippen molar-refractivity contribution in [3.05, 3.63) is 180 Å². The molecule has 7 rings (SSSR count). The van der Waals surface area contributed by atoms with Gasteiger partial charge in [-0.2, -0.15) is 0 Å². The minimum atomic E-state index is 0.552. The van der Waals surface area contributed by atoms with Gasteiger partial charge in [0, 0.05) is 86.5 Å². The van der Waals surface area contributed by atoms with Crippen LogP contribution in [0.25, 0.3) is 34.2 Å². The first-order valence-corrected chi connectivity index (χ1v) is 16.4. The Morgan fingerprint density at radius 2 is 0.588 bits per heavy atom. The van der Waals surface area contributed by atoms with E-state index in [4.69, 9.17) is 15.0 Å². The molecule has 0 aliphatic rings. The first-order chi connectivity index (χ1) is 25.0. The first kappa shape index (κ1) is 32.7. The van der Waals surface area contributed by atoms with Crippen LogP contribution in [0.4, 0.5) is 0 Å². The second-order valence-electron chi connectivity index (χ2n) is 12.2. The summed E-state index contributed by atoms with van der Waals surface area (Å²) in [5, 5.41) is 0. The SMILES string of the molecule is O=Cc1ccc(C[n+]2ccc(-c3nc(-c4cc[n+](Cc5ccc(C=O)cc5)cc4)nc(-c4cc[n+](Cc5ccc(C=O)cc5)cc4)n3)cc2)cc1. The second-order valence-corrected chi connectivity index (χ2v) is 12.2. The van der Waals surface area contributed by atoms with E-state index in [0.717, 1.165) is 52.2 Å². The Kier molecular flexibility index (Phi) is 9.69. The summed E-state index contributed by atoms with van der Waals surface area (Å²) >= 11 is 0. The third kappa shape index (κ3) is 8.06. The van der Waals surface area contributed by atoms with Crippen molar-refractivity contribution < 1.29 is 28.1 Å². The molecule has 0 saturated carbocycles. The van der Waals surface area contributed by atoms with Crippen LogP contribution in [0.15, 0.2) is 146 Å². The number of pyridine rings is 3. The van der Waals surface area contributed by atoms with E-state index in [2.05, 4.69) is 13.7 Å². The van der Waals surface area contributed by atoms with E-state index in [9.17, 15) is 14.4 Å². The lowest BCUT2D eigenvalue weighted by Gasteiger charge is -2.08. The standard InChI is InChI=1S/C42H33N6O3/c49-28-34-7-1-31(2-8-34)25-46-19-13-37(14-20-46)40-43-41(38-15-21-47(22-16-38)26-32-3-9-35(29-50)10-4-32)45-42(44-40)39-17-23-48(24-18-39)27-33-5-11-36(30-51)12-6-33/h1-24,28-30H,25-27H2/q+3. The van der Waals surface area contributed by atoms with Crippen LogP contribution in [0.5, 0.6) is 0 Å². The molecule has 0 saturated heterocycles. The molecule has 7 aromatic rings. The van der Waals surface area contributed by atoms with E-state index in [1.54, 1.807) is 0 Å². The molecule has 9 nitrogen and oxygen atoms in total. The van der Waals surface area contributed by atoms with Crippen LogP contribution in [0.3, 0.4) is 0 Å². The highest BCUT2D eigenvalue weighted by Crippen LogP contribution is 2.23. The Labute approximate surface area is 294 Å². The lowest BCUT2D eigenvalue weighted by Crippen LogP contribution is -2.33. The lowest BCUT2D eigenvalue weighted by molar-refractivity contribution is -0.688. The highest BCUT2D eigenvalue weighted by Gasteiger charge is 2.16. The molecular weight excluding hydrogens is 637 g/mol. The van der Waals surface area contributed by atoms with Crippen molar-refractivity contribution in [2.75, 3.05) is 0 Å². The van der Waals surface area contributed by atoms with Gasteiger partial charge < -0.3 is 0 Å². The zero-order valence-electron chi connectivity index (χ0n) is 27.6. The molecule has 0 amide bonds. The smallest absolute Gasteiger partial charge is 0.173 e. The molecule has 9 heteroatoms. The van der Waals surface area contributed by atoms with Gasteiger partial charge in [0.2, 0.25) is 0 Å². The van der Waals surface area contributed by atoms with Crippen LogP contribution in [0.1, 0.15) is 47.8 Å². The van der Waals surface area contributed by atoms with E-state index < -0.39 is 0 Å². The molecule has 0 radical (unpaired) electrons. The number of carbonyl (C=O) groups is 3. The van der Waals surface area contributed by atoms with Gasteiger partial charge in [-0.15, -0.1) is 0 Å². The Balaban J connectivity index is 1.18. The Bertz CT molecular complexity index is 2010. The molecule has 0 aliphatic carbocycles.